The van der Waals surface area contributed by atoms with E-state index in [4.69, 9.17) is 11.6 Å². The van der Waals surface area contributed by atoms with Gasteiger partial charge in [-0.2, -0.15) is 5.10 Å². The molecule has 1 heterocycles. The molecule has 2 aromatic rings. The van der Waals surface area contributed by atoms with Crippen LogP contribution in [-0.2, 0) is 9.59 Å². The number of hydrogen-bond donors (Lipinski definition) is 3. The zero-order chi connectivity index (χ0) is 26.1. The van der Waals surface area contributed by atoms with Crippen molar-refractivity contribution >= 4 is 53.2 Å². The van der Waals surface area contributed by atoms with Gasteiger partial charge in [-0.1, -0.05) is 18.0 Å². The van der Waals surface area contributed by atoms with E-state index in [0.717, 1.165) is 31.9 Å². The Morgan fingerprint density at radius 3 is 2.27 bits per heavy atom. The van der Waals surface area contributed by atoms with Crippen molar-refractivity contribution in [2.45, 2.75) is 31.7 Å². The van der Waals surface area contributed by atoms with Gasteiger partial charge < -0.3 is 5.32 Å². The molecule has 2 saturated carbocycles. The van der Waals surface area contributed by atoms with Gasteiger partial charge in [0.25, 0.3) is 11.8 Å². The van der Waals surface area contributed by atoms with Crippen LogP contribution in [-0.4, -0.2) is 46.8 Å². The second kappa shape index (κ2) is 10.1. The van der Waals surface area contributed by atoms with Crippen LogP contribution in [0, 0.1) is 17.8 Å². The fourth-order valence-electron chi connectivity index (χ4n) is 5.32. The van der Waals surface area contributed by atoms with Crippen LogP contribution in [0.15, 0.2) is 53.6 Å². The molecular weight excluding hydrogens is 498 g/mol. The number of rotatable bonds is 6. The Morgan fingerprint density at radius 2 is 1.62 bits per heavy atom. The van der Waals surface area contributed by atoms with E-state index in [0.29, 0.717) is 22.2 Å². The predicted molar refractivity (Wildman–Crippen MR) is 135 cm³/mol. The highest BCUT2D eigenvalue weighted by molar-refractivity contribution is 6.30. The number of hydrazone groups is 1. The average molecular weight is 522 g/mol. The summed E-state index contributed by atoms with van der Waals surface area (Å²) in [5.41, 5.74) is 3.46. The molecule has 3 N–H and O–H groups in total. The lowest BCUT2D eigenvalue weighted by molar-refractivity contribution is -0.141. The molecule has 10 nitrogen and oxygen atoms in total. The van der Waals surface area contributed by atoms with Crippen LogP contribution in [0.3, 0.4) is 0 Å². The molecular formula is C26H24ClN5O5. The largest absolute Gasteiger partial charge is 0.331 e. The van der Waals surface area contributed by atoms with Crippen LogP contribution in [0.25, 0.3) is 0 Å². The van der Waals surface area contributed by atoms with Gasteiger partial charge in [0.15, 0.2) is 5.92 Å². The second-order valence-corrected chi connectivity index (χ2v) is 9.92. The fourth-order valence-corrected chi connectivity index (χ4v) is 5.45. The molecule has 1 saturated heterocycles. The monoisotopic (exact) mass is 521 g/mol. The number of fused-ring (bicyclic) bond motifs is 2. The lowest BCUT2D eigenvalue weighted by Crippen LogP contribution is -2.62. The van der Waals surface area contributed by atoms with Crippen molar-refractivity contribution in [2.75, 3.05) is 5.32 Å². The first kappa shape index (κ1) is 24.6. The van der Waals surface area contributed by atoms with Crippen molar-refractivity contribution < 1.29 is 24.0 Å². The van der Waals surface area contributed by atoms with Crippen molar-refractivity contribution in [2.24, 2.45) is 22.9 Å². The third-order valence-electron chi connectivity index (χ3n) is 7.17. The summed E-state index contributed by atoms with van der Waals surface area (Å²) in [6.07, 6.45) is 4.88. The fraction of sp³-hybridized carbons (Fsp3) is 0.308. The van der Waals surface area contributed by atoms with Crippen molar-refractivity contribution in [1.29, 1.82) is 0 Å². The van der Waals surface area contributed by atoms with Gasteiger partial charge in [0.1, 0.15) is 0 Å². The van der Waals surface area contributed by atoms with Gasteiger partial charge in [0.05, 0.1) is 0 Å². The molecule has 0 radical (unpaired) electrons. The van der Waals surface area contributed by atoms with Crippen LogP contribution in [0.5, 0.6) is 0 Å². The minimum atomic E-state index is -1.30. The zero-order valence-electron chi connectivity index (χ0n) is 19.6. The number of amides is 6. The molecule has 3 aliphatic rings. The first-order valence-corrected chi connectivity index (χ1v) is 12.4. The smallest absolute Gasteiger partial charge is 0.322 e. The molecule has 0 aromatic heterocycles. The van der Waals surface area contributed by atoms with E-state index in [1.807, 2.05) is 0 Å². The van der Waals surface area contributed by atoms with Crippen LogP contribution >= 0.6 is 11.6 Å². The molecule has 2 aromatic carbocycles. The first-order chi connectivity index (χ1) is 17.8. The number of carbonyl (C=O) groups excluding carboxylic acids is 5. The zero-order valence-corrected chi connectivity index (χ0v) is 20.4. The summed E-state index contributed by atoms with van der Waals surface area (Å²) in [5, 5.41) is 9.28. The third kappa shape index (κ3) is 5.10. The van der Waals surface area contributed by atoms with Gasteiger partial charge in [0.2, 0.25) is 11.8 Å². The summed E-state index contributed by atoms with van der Waals surface area (Å²) >= 11 is 5.84. The Morgan fingerprint density at radius 1 is 0.946 bits per heavy atom. The van der Waals surface area contributed by atoms with Crippen molar-refractivity contribution in [1.82, 2.24) is 15.6 Å². The van der Waals surface area contributed by atoms with Crippen molar-refractivity contribution in [3.05, 3.63) is 64.7 Å². The Bertz CT molecular complexity index is 1290. The van der Waals surface area contributed by atoms with Gasteiger partial charge in [-0.15, -0.1) is 0 Å². The minimum Gasteiger partial charge on any atom is -0.322 e. The van der Waals surface area contributed by atoms with Crippen molar-refractivity contribution in [3.63, 3.8) is 0 Å². The van der Waals surface area contributed by atoms with E-state index < -0.39 is 29.7 Å². The number of imide groups is 2. The molecule has 4 atom stereocenters. The van der Waals surface area contributed by atoms with Gasteiger partial charge in [0, 0.05) is 34.1 Å². The maximum atomic E-state index is 13.0. The van der Waals surface area contributed by atoms with Crippen LogP contribution < -0.4 is 16.1 Å². The van der Waals surface area contributed by atoms with E-state index in [2.05, 4.69) is 21.2 Å². The topological polar surface area (TPSA) is 137 Å². The molecule has 3 fully saturated rings. The Balaban J connectivity index is 1.18. The molecule has 11 heteroatoms. The Kier molecular flexibility index (Phi) is 6.75. The van der Waals surface area contributed by atoms with Gasteiger partial charge >= 0.3 is 6.03 Å². The van der Waals surface area contributed by atoms with E-state index >= 15 is 0 Å². The predicted octanol–water partition coefficient (Wildman–Crippen LogP) is 3.19. The summed E-state index contributed by atoms with van der Waals surface area (Å²) in [5.74, 6) is -2.81. The third-order valence-corrected chi connectivity index (χ3v) is 7.42. The molecule has 2 aliphatic carbocycles. The van der Waals surface area contributed by atoms with Crippen molar-refractivity contribution in [3.8, 4) is 0 Å². The lowest BCUT2D eigenvalue weighted by Gasteiger charge is -2.36. The Hall–Kier alpha value is -4.05. The quantitative estimate of drug-likeness (QED) is 0.304. The molecule has 2 bridgehead atoms. The highest BCUT2D eigenvalue weighted by atomic mass is 35.5. The summed E-state index contributed by atoms with van der Waals surface area (Å²) in [6.45, 7) is 0. The number of halogens is 1. The van der Waals surface area contributed by atoms with Gasteiger partial charge in [-0.05, 0) is 79.6 Å². The van der Waals surface area contributed by atoms with Gasteiger partial charge in [-0.3, -0.25) is 29.4 Å². The van der Waals surface area contributed by atoms with Crippen LogP contribution in [0.4, 0.5) is 10.5 Å². The highest BCUT2D eigenvalue weighted by Gasteiger charge is 2.50. The van der Waals surface area contributed by atoms with E-state index in [-0.39, 0.29) is 23.4 Å². The molecule has 1 aliphatic heterocycles. The minimum absolute atomic E-state index is 0.205. The lowest BCUT2D eigenvalue weighted by atomic mass is 9.92. The summed E-state index contributed by atoms with van der Waals surface area (Å²) < 4.78 is 0. The molecule has 0 unspecified atom stereocenters. The summed E-state index contributed by atoms with van der Waals surface area (Å²) in [4.78, 5) is 63.7. The highest BCUT2D eigenvalue weighted by Crippen LogP contribution is 2.47. The first-order valence-electron chi connectivity index (χ1n) is 12.0. The molecule has 5 rings (SSSR count). The number of nitrogens with zero attached hydrogens (tertiary/aromatic N) is 2. The molecule has 190 valence electrons. The number of hydrogen-bond acceptors (Lipinski definition) is 6. The number of urea groups is 1. The van der Waals surface area contributed by atoms with Gasteiger partial charge in [-0.25, -0.2) is 10.2 Å². The number of nitrogens with one attached hydrogen (secondary N) is 3. The van der Waals surface area contributed by atoms with Crippen LogP contribution in [0.1, 0.15) is 46.4 Å². The molecule has 6 amide bonds. The van der Waals surface area contributed by atoms with E-state index in [9.17, 15) is 24.0 Å². The van der Waals surface area contributed by atoms with E-state index in [1.165, 1.54) is 17.0 Å². The number of barbiturate groups is 1. The average Bonchev–Trinajstić information content (AvgIpc) is 3.50. The standard InChI is InChI=1S/C26H24ClN5O5/c27-18-7-3-15(4-8-18)22(33)29-19-9-5-16(6-10-19)23(34)31-28-13-20-24(35)30-26(37)32(25(20)36)21-12-14-1-2-17(21)11-14/h3-10,13-14,17,20-21H,1-2,11-12H2,(H,29,33)(H,31,34)(H,30,35,37)/b28-13-/t14-,17-,20-,21-/m0/s1. The Labute approximate surface area is 217 Å². The SMILES string of the molecule is O=C(N/N=C\[C@H]1C(=O)NC(=O)N([C@H]2C[C@H]3CC[C@H]2C3)C1=O)c1ccc(NC(=O)c2ccc(Cl)cc2)cc1. The summed E-state index contributed by atoms with van der Waals surface area (Å²) in [7, 11) is 0. The number of benzene rings is 2. The molecule has 0 spiro atoms. The molecule has 37 heavy (non-hydrogen) atoms. The maximum Gasteiger partial charge on any atom is 0.331 e. The summed E-state index contributed by atoms with van der Waals surface area (Å²) in [6, 6.07) is 11.6. The number of carbonyl (C=O) groups is 5. The normalized spacial score (nSPS) is 24.9. The van der Waals surface area contributed by atoms with E-state index in [1.54, 1.807) is 36.4 Å². The maximum absolute atomic E-state index is 13.0. The second-order valence-electron chi connectivity index (χ2n) is 9.48. The number of anilines is 1. The van der Waals surface area contributed by atoms with Crippen LogP contribution in [0.2, 0.25) is 5.02 Å².